The Morgan fingerprint density at radius 2 is 1.86 bits per heavy atom. The van der Waals surface area contributed by atoms with Gasteiger partial charge in [-0.2, -0.15) is 0 Å². The highest BCUT2D eigenvalue weighted by atomic mass is 35.5. The highest BCUT2D eigenvalue weighted by molar-refractivity contribution is 6.52. The average Bonchev–Trinajstić information content (AvgIpc) is 2.69. The van der Waals surface area contributed by atoms with Gasteiger partial charge in [-0.1, -0.05) is 11.6 Å². The van der Waals surface area contributed by atoms with Crippen LogP contribution < -0.4 is 4.90 Å². The van der Waals surface area contributed by atoms with Crippen LogP contribution in [0.15, 0.2) is 30.5 Å². The molecule has 1 aromatic heterocycles. The summed E-state index contributed by atoms with van der Waals surface area (Å²) in [6.07, 6.45) is 1.42. The first-order valence-electron chi connectivity index (χ1n) is 5.93. The van der Waals surface area contributed by atoms with Gasteiger partial charge in [0.15, 0.2) is 0 Å². The number of anilines is 1. The molecule has 0 N–H and O–H groups in total. The molecule has 1 amide bonds. The highest BCUT2D eigenvalue weighted by Gasteiger charge is 2.40. The molecule has 0 unspecified atom stereocenters. The van der Waals surface area contributed by atoms with Gasteiger partial charge in [0.2, 0.25) is 0 Å². The largest absolute Gasteiger partial charge is 0.300 e. The number of fused-ring (bicyclic) bond motifs is 1. The summed E-state index contributed by atoms with van der Waals surface area (Å²) in [5.74, 6) is -3.82. The lowest BCUT2D eigenvalue weighted by molar-refractivity contribution is -0.114. The zero-order valence-corrected chi connectivity index (χ0v) is 11.2. The molecule has 0 bridgehead atoms. The minimum Gasteiger partial charge on any atom is -0.296 e. The van der Waals surface area contributed by atoms with Crippen molar-refractivity contribution in [2.24, 2.45) is 0 Å². The lowest BCUT2D eigenvalue weighted by Crippen LogP contribution is -2.30. The molecule has 1 aliphatic rings. The predicted molar refractivity (Wildman–Crippen MR) is 71.1 cm³/mol. The summed E-state index contributed by atoms with van der Waals surface area (Å²) >= 11 is 5.81. The number of nitrogens with zero attached hydrogens (tertiary/aromatic N) is 2. The Balaban J connectivity index is 2.08. The second-order valence-electron chi connectivity index (χ2n) is 4.44. The van der Waals surface area contributed by atoms with Crippen molar-refractivity contribution in [1.29, 1.82) is 0 Å². The van der Waals surface area contributed by atoms with Gasteiger partial charge < -0.3 is 0 Å². The van der Waals surface area contributed by atoms with E-state index in [2.05, 4.69) is 4.98 Å². The molecule has 1 aromatic carbocycles. The molecule has 106 valence electrons. The molecule has 7 heteroatoms. The number of pyridine rings is 1. The van der Waals surface area contributed by atoms with E-state index in [0.717, 1.165) is 17.0 Å². The van der Waals surface area contributed by atoms with Crippen LogP contribution in [0.3, 0.4) is 0 Å². The van der Waals surface area contributed by atoms with Crippen LogP contribution in [0.1, 0.15) is 16.1 Å². The van der Waals surface area contributed by atoms with Crippen molar-refractivity contribution >= 4 is 29.0 Å². The first-order chi connectivity index (χ1) is 9.99. The van der Waals surface area contributed by atoms with Crippen molar-refractivity contribution in [3.05, 3.63) is 58.4 Å². The second kappa shape index (κ2) is 4.89. The number of rotatable bonds is 2. The summed E-state index contributed by atoms with van der Waals surface area (Å²) in [5, 5.41) is 0.387. The number of halogens is 3. The average molecular weight is 309 g/mol. The zero-order valence-electron chi connectivity index (χ0n) is 10.4. The maximum atomic E-state index is 13.9. The van der Waals surface area contributed by atoms with Gasteiger partial charge in [0, 0.05) is 11.2 Å². The third-order valence-electron chi connectivity index (χ3n) is 3.11. The van der Waals surface area contributed by atoms with Crippen LogP contribution in [-0.4, -0.2) is 16.7 Å². The molecule has 0 radical (unpaired) electrons. The highest BCUT2D eigenvalue weighted by Crippen LogP contribution is 2.34. The topological polar surface area (TPSA) is 50.3 Å². The van der Waals surface area contributed by atoms with E-state index in [1.807, 2.05) is 0 Å². The Labute approximate surface area is 123 Å². The number of carbonyl (C=O) groups is 2. The van der Waals surface area contributed by atoms with Gasteiger partial charge in [-0.15, -0.1) is 0 Å². The van der Waals surface area contributed by atoms with E-state index >= 15 is 0 Å². The van der Waals surface area contributed by atoms with E-state index in [0.29, 0.717) is 10.7 Å². The summed E-state index contributed by atoms with van der Waals surface area (Å²) in [5.41, 5.74) is -0.533. The van der Waals surface area contributed by atoms with Crippen LogP contribution in [-0.2, 0) is 11.3 Å². The Kier molecular flexibility index (Phi) is 3.17. The second-order valence-corrected chi connectivity index (χ2v) is 4.88. The molecule has 4 nitrogen and oxygen atoms in total. The van der Waals surface area contributed by atoms with Gasteiger partial charge in [0.05, 0.1) is 23.5 Å². The number of hydrogen-bond acceptors (Lipinski definition) is 3. The number of carbonyl (C=O) groups excluding carboxylic acids is 2. The lowest BCUT2D eigenvalue weighted by atomic mass is 10.1. The lowest BCUT2D eigenvalue weighted by Gasteiger charge is -2.16. The normalized spacial score (nSPS) is 13.8. The molecule has 0 saturated carbocycles. The van der Waals surface area contributed by atoms with Crippen LogP contribution in [0, 0.1) is 11.6 Å². The van der Waals surface area contributed by atoms with Crippen LogP contribution in [0.4, 0.5) is 14.5 Å². The third kappa shape index (κ3) is 2.17. The van der Waals surface area contributed by atoms with E-state index in [-0.39, 0.29) is 12.2 Å². The van der Waals surface area contributed by atoms with Gasteiger partial charge in [-0.25, -0.2) is 8.78 Å². The van der Waals surface area contributed by atoms with Crippen molar-refractivity contribution in [3.8, 4) is 0 Å². The standard InChI is InChI=1S/C14H7ClF2N2O2/c15-7-3-4-18-8(5-7)6-19-12-10(17)2-1-9(16)11(12)13(20)14(19)21/h1-5H,6H2. The molecule has 3 rings (SSSR count). The van der Waals surface area contributed by atoms with Crippen molar-refractivity contribution < 1.29 is 18.4 Å². The third-order valence-corrected chi connectivity index (χ3v) is 3.35. The first kappa shape index (κ1) is 13.6. The molecule has 1 aliphatic heterocycles. The fraction of sp³-hybridized carbons (Fsp3) is 0.0714. The molecule has 21 heavy (non-hydrogen) atoms. The maximum absolute atomic E-state index is 13.9. The molecule has 0 saturated heterocycles. The van der Waals surface area contributed by atoms with Crippen molar-refractivity contribution in [2.45, 2.75) is 6.54 Å². The molecule has 0 fully saturated rings. The quantitative estimate of drug-likeness (QED) is 0.802. The fourth-order valence-corrected chi connectivity index (χ4v) is 2.38. The molecule has 0 atom stereocenters. The minimum absolute atomic E-state index is 0.168. The van der Waals surface area contributed by atoms with Crippen molar-refractivity contribution in [2.75, 3.05) is 4.90 Å². The molecule has 0 aliphatic carbocycles. The van der Waals surface area contributed by atoms with Gasteiger partial charge in [0.25, 0.3) is 11.7 Å². The number of aromatic nitrogens is 1. The van der Waals surface area contributed by atoms with Crippen LogP contribution in [0.2, 0.25) is 5.02 Å². The molecule has 2 aromatic rings. The maximum Gasteiger partial charge on any atom is 0.300 e. The van der Waals surface area contributed by atoms with E-state index < -0.39 is 28.9 Å². The Hall–Kier alpha value is -2.34. The number of ketones is 1. The number of Topliss-reactive ketones (excluding diaryl/α,β-unsaturated/α-hetero) is 1. The fourth-order valence-electron chi connectivity index (χ4n) is 2.20. The van der Waals surface area contributed by atoms with Gasteiger partial charge >= 0.3 is 0 Å². The van der Waals surface area contributed by atoms with Crippen LogP contribution >= 0.6 is 11.6 Å². The van der Waals surface area contributed by atoms with E-state index in [1.54, 1.807) is 0 Å². The van der Waals surface area contributed by atoms with Gasteiger partial charge in [-0.3, -0.25) is 19.5 Å². The summed E-state index contributed by atoms with van der Waals surface area (Å²) < 4.78 is 27.6. The molecule has 0 spiro atoms. The SMILES string of the molecule is O=C1C(=O)N(Cc2cc(Cl)ccn2)c2c(F)ccc(F)c21. The first-order valence-corrected chi connectivity index (χ1v) is 6.31. The van der Waals surface area contributed by atoms with Crippen LogP contribution in [0.5, 0.6) is 0 Å². The molecular formula is C14H7ClF2N2O2. The summed E-state index contributed by atoms with van der Waals surface area (Å²) in [6.45, 7) is -0.168. The van der Waals surface area contributed by atoms with Crippen molar-refractivity contribution in [1.82, 2.24) is 4.98 Å². The predicted octanol–water partition coefficient (Wildman–Crippen LogP) is 2.74. The Morgan fingerprint density at radius 1 is 1.14 bits per heavy atom. The monoisotopic (exact) mass is 308 g/mol. The smallest absolute Gasteiger partial charge is 0.296 e. The minimum atomic E-state index is -1.07. The van der Waals surface area contributed by atoms with E-state index in [9.17, 15) is 18.4 Å². The van der Waals surface area contributed by atoms with E-state index in [1.165, 1.54) is 18.3 Å². The number of hydrogen-bond donors (Lipinski definition) is 0. The number of amides is 1. The summed E-state index contributed by atoms with van der Waals surface area (Å²) in [7, 11) is 0. The number of benzene rings is 1. The summed E-state index contributed by atoms with van der Waals surface area (Å²) in [4.78, 5) is 28.6. The van der Waals surface area contributed by atoms with Crippen LogP contribution in [0.25, 0.3) is 0 Å². The molecular weight excluding hydrogens is 302 g/mol. The Bertz CT molecular complexity index is 780. The van der Waals surface area contributed by atoms with E-state index in [4.69, 9.17) is 11.6 Å². The Morgan fingerprint density at radius 3 is 2.57 bits per heavy atom. The van der Waals surface area contributed by atoms with Gasteiger partial charge in [-0.05, 0) is 24.3 Å². The molecule has 2 heterocycles. The zero-order chi connectivity index (χ0) is 15.1. The van der Waals surface area contributed by atoms with Crippen molar-refractivity contribution in [3.63, 3.8) is 0 Å². The summed E-state index contributed by atoms with van der Waals surface area (Å²) in [6, 6.07) is 4.71. The van der Waals surface area contributed by atoms with Gasteiger partial charge in [0.1, 0.15) is 11.6 Å².